The molecule has 0 amide bonds. The standard InChI is InChI=1S/C9H12F3N3/c1-6-4-13-8(14-5-6)15-7(2)3-9(10,11)12/h4-5,7H,3H2,1-2H3,(H,13,14,15). The Morgan fingerprint density at radius 1 is 1.33 bits per heavy atom. The molecule has 1 rings (SSSR count). The molecule has 1 aromatic heterocycles. The van der Waals surface area contributed by atoms with Gasteiger partial charge in [0.05, 0.1) is 6.42 Å². The highest BCUT2D eigenvalue weighted by Gasteiger charge is 2.30. The molecule has 0 aliphatic heterocycles. The number of aryl methyl sites for hydroxylation is 1. The summed E-state index contributed by atoms with van der Waals surface area (Å²) in [7, 11) is 0. The molecule has 1 atom stereocenters. The first-order valence-corrected chi connectivity index (χ1v) is 4.49. The van der Waals surface area contributed by atoms with Crippen molar-refractivity contribution in [3.8, 4) is 0 Å². The summed E-state index contributed by atoms with van der Waals surface area (Å²) >= 11 is 0. The van der Waals surface area contributed by atoms with E-state index in [2.05, 4.69) is 15.3 Å². The normalized spacial score (nSPS) is 13.7. The highest BCUT2D eigenvalue weighted by Crippen LogP contribution is 2.22. The number of nitrogens with one attached hydrogen (secondary N) is 1. The van der Waals surface area contributed by atoms with Crippen molar-refractivity contribution in [3.05, 3.63) is 18.0 Å². The van der Waals surface area contributed by atoms with Gasteiger partial charge in [0.15, 0.2) is 0 Å². The molecule has 0 aromatic carbocycles. The van der Waals surface area contributed by atoms with Gasteiger partial charge in [-0.25, -0.2) is 9.97 Å². The first-order chi connectivity index (χ1) is 6.87. The van der Waals surface area contributed by atoms with Crippen molar-refractivity contribution in [3.63, 3.8) is 0 Å². The van der Waals surface area contributed by atoms with Crippen molar-refractivity contribution in [1.82, 2.24) is 9.97 Å². The maximum atomic E-state index is 12.0. The smallest absolute Gasteiger partial charge is 0.351 e. The third-order valence-electron chi connectivity index (χ3n) is 1.69. The summed E-state index contributed by atoms with van der Waals surface area (Å²) in [4.78, 5) is 7.72. The maximum absolute atomic E-state index is 12.0. The van der Waals surface area contributed by atoms with E-state index in [1.807, 2.05) is 6.92 Å². The predicted molar refractivity (Wildman–Crippen MR) is 50.5 cm³/mol. The minimum absolute atomic E-state index is 0.220. The van der Waals surface area contributed by atoms with Gasteiger partial charge in [0.2, 0.25) is 5.95 Å². The van der Waals surface area contributed by atoms with E-state index in [0.29, 0.717) is 0 Å². The van der Waals surface area contributed by atoms with E-state index in [4.69, 9.17) is 0 Å². The molecular formula is C9H12F3N3. The monoisotopic (exact) mass is 219 g/mol. The van der Waals surface area contributed by atoms with E-state index in [-0.39, 0.29) is 5.95 Å². The Labute approximate surface area is 85.7 Å². The van der Waals surface area contributed by atoms with Crippen LogP contribution in [-0.2, 0) is 0 Å². The third kappa shape index (κ3) is 4.62. The second-order valence-corrected chi connectivity index (χ2v) is 3.45. The van der Waals surface area contributed by atoms with Crippen LogP contribution in [0.1, 0.15) is 18.9 Å². The summed E-state index contributed by atoms with van der Waals surface area (Å²) in [6.07, 6.45) is -1.97. The van der Waals surface area contributed by atoms with Crippen molar-refractivity contribution in [1.29, 1.82) is 0 Å². The molecule has 0 bridgehead atoms. The first-order valence-electron chi connectivity index (χ1n) is 4.49. The molecule has 0 spiro atoms. The molecule has 0 aliphatic rings. The zero-order chi connectivity index (χ0) is 11.5. The van der Waals surface area contributed by atoms with Gasteiger partial charge < -0.3 is 5.32 Å². The summed E-state index contributed by atoms with van der Waals surface area (Å²) in [6, 6.07) is -0.729. The Bertz CT molecular complexity index is 307. The summed E-state index contributed by atoms with van der Waals surface area (Å²) in [5.41, 5.74) is 0.865. The number of aromatic nitrogens is 2. The van der Waals surface area contributed by atoms with Crippen LogP contribution in [0.2, 0.25) is 0 Å². The lowest BCUT2D eigenvalue weighted by molar-refractivity contribution is -0.136. The number of rotatable bonds is 3. The van der Waals surface area contributed by atoms with Gasteiger partial charge in [0.1, 0.15) is 0 Å². The first kappa shape index (κ1) is 11.7. The molecule has 3 nitrogen and oxygen atoms in total. The fourth-order valence-electron chi connectivity index (χ4n) is 1.09. The molecule has 6 heteroatoms. The molecule has 1 aromatic rings. The number of hydrogen-bond donors (Lipinski definition) is 1. The molecule has 0 radical (unpaired) electrons. The number of nitrogens with zero attached hydrogens (tertiary/aromatic N) is 2. The fraction of sp³-hybridized carbons (Fsp3) is 0.556. The highest BCUT2D eigenvalue weighted by atomic mass is 19.4. The Morgan fingerprint density at radius 3 is 2.33 bits per heavy atom. The predicted octanol–water partition coefficient (Wildman–Crippen LogP) is 2.54. The molecule has 0 saturated carbocycles. The molecule has 0 saturated heterocycles. The van der Waals surface area contributed by atoms with Crippen molar-refractivity contribution >= 4 is 5.95 Å². The van der Waals surface area contributed by atoms with Crippen LogP contribution in [0.15, 0.2) is 12.4 Å². The zero-order valence-corrected chi connectivity index (χ0v) is 8.47. The Balaban J connectivity index is 2.51. The average Bonchev–Trinajstić information content (AvgIpc) is 2.05. The molecular weight excluding hydrogens is 207 g/mol. The van der Waals surface area contributed by atoms with Crippen LogP contribution in [0.3, 0.4) is 0 Å². The van der Waals surface area contributed by atoms with Gasteiger partial charge in [-0.1, -0.05) is 0 Å². The molecule has 84 valence electrons. The number of halogens is 3. The van der Waals surface area contributed by atoms with Crippen LogP contribution in [0.5, 0.6) is 0 Å². The Hall–Kier alpha value is -1.33. The van der Waals surface area contributed by atoms with Gasteiger partial charge in [-0.2, -0.15) is 13.2 Å². The quantitative estimate of drug-likeness (QED) is 0.848. The topological polar surface area (TPSA) is 37.8 Å². The van der Waals surface area contributed by atoms with Gasteiger partial charge >= 0.3 is 6.18 Å². The fourth-order valence-corrected chi connectivity index (χ4v) is 1.09. The molecule has 15 heavy (non-hydrogen) atoms. The van der Waals surface area contributed by atoms with Crippen LogP contribution in [0.4, 0.5) is 19.1 Å². The molecule has 1 N–H and O–H groups in total. The summed E-state index contributed by atoms with van der Waals surface area (Å²) in [6.45, 7) is 3.25. The maximum Gasteiger partial charge on any atom is 0.391 e. The molecule has 0 aliphatic carbocycles. The van der Waals surface area contributed by atoms with Gasteiger partial charge in [-0.3, -0.25) is 0 Å². The van der Waals surface area contributed by atoms with Gasteiger partial charge in [0, 0.05) is 18.4 Å². The Kier molecular flexibility index (Phi) is 3.49. The number of alkyl halides is 3. The molecule has 1 heterocycles. The summed E-state index contributed by atoms with van der Waals surface area (Å²) in [5, 5.41) is 2.58. The van der Waals surface area contributed by atoms with Crippen LogP contribution < -0.4 is 5.32 Å². The Morgan fingerprint density at radius 2 is 1.87 bits per heavy atom. The SMILES string of the molecule is Cc1cnc(NC(C)CC(F)(F)F)nc1. The lowest BCUT2D eigenvalue weighted by Gasteiger charge is -2.15. The van der Waals surface area contributed by atoms with Crippen LogP contribution in [-0.4, -0.2) is 22.2 Å². The number of anilines is 1. The average molecular weight is 219 g/mol. The lowest BCUT2D eigenvalue weighted by Crippen LogP contribution is -2.24. The van der Waals surface area contributed by atoms with E-state index in [0.717, 1.165) is 5.56 Å². The van der Waals surface area contributed by atoms with E-state index in [9.17, 15) is 13.2 Å². The van der Waals surface area contributed by atoms with E-state index in [1.165, 1.54) is 6.92 Å². The van der Waals surface area contributed by atoms with Crippen molar-refractivity contribution in [2.45, 2.75) is 32.5 Å². The van der Waals surface area contributed by atoms with Crippen LogP contribution in [0, 0.1) is 6.92 Å². The third-order valence-corrected chi connectivity index (χ3v) is 1.69. The van der Waals surface area contributed by atoms with Crippen LogP contribution in [0.25, 0.3) is 0 Å². The molecule has 0 fully saturated rings. The van der Waals surface area contributed by atoms with Crippen molar-refractivity contribution in [2.75, 3.05) is 5.32 Å². The second-order valence-electron chi connectivity index (χ2n) is 3.45. The largest absolute Gasteiger partial charge is 0.391 e. The van der Waals surface area contributed by atoms with E-state index in [1.54, 1.807) is 12.4 Å². The van der Waals surface area contributed by atoms with Gasteiger partial charge in [-0.05, 0) is 19.4 Å². The summed E-state index contributed by atoms with van der Waals surface area (Å²) < 4.78 is 36.0. The van der Waals surface area contributed by atoms with E-state index < -0.39 is 18.6 Å². The van der Waals surface area contributed by atoms with Crippen LogP contribution >= 0.6 is 0 Å². The van der Waals surface area contributed by atoms with Crippen molar-refractivity contribution < 1.29 is 13.2 Å². The summed E-state index contributed by atoms with van der Waals surface area (Å²) in [5.74, 6) is 0.220. The molecule has 1 unspecified atom stereocenters. The zero-order valence-electron chi connectivity index (χ0n) is 8.47. The van der Waals surface area contributed by atoms with Crippen molar-refractivity contribution in [2.24, 2.45) is 0 Å². The van der Waals surface area contributed by atoms with Gasteiger partial charge in [-0.15, -0.1) is 0 Å². The van der Waals surface area contributed by atoms with Gasteiger partial charge in [0.25, 0.3) is 0 Å². The second kappa shape index (κ2) is 4.46. The lowest BCUT2D eigenvalue weighted by atomic mass is 10.2. The minimum atomic E-state index is -4.17. The highest BCUT2D eigenvalue weighted by molar-refractivity contribution is 5.25. The number of hydrogen-bond acceptors (Lipinski definition) is 3. The van der Waals surface area contributed by atoms with E-state index >= 15 is 0 Å². The minimum Gasteiger partial charge on any atom is -0.351 e.